The van der Waals surface area contributed by atoms with Crippen molar-refractivity contribution in [2.24, 2.45) is 4.99 Å². The van der Waals surface area contributed by atoms with Gasteiger partial charge < -0.3 is 10.0 Å². The summed E-state index contributed by atoms with van der Waals surface area (Å²) in [7, 11) is 0. The SMILES string of the molecule is C=C1C=C(C(=O)O)N=CN1/C=C\CC. The van der Waals surface area contributed by atoms with Crippen LogP contribution in [-0.2, 0) is 4.79 Å². The highest BCUT2D eigenvalue weighted by Crippen LogP contribution is 2.12. The average Bonchev–Trinajstić information content (AvgIpc) is 2.15. The topological polar surface area (TPSA) is 52.9 Å². The second-order valence-electron chi connectivity index (χ2n) is 2.77. The van der Waals surface area contributed by atoms with E-state index in [4.69, 9.17) is 5.11 Å². The minimum absolute atomic E-state index is 0.0103. The molecule has 1 heterocycles. The molecular weight excluding hydrogens is 180 g/mol. The van der Waals surface area contributed by atoms with Gasteiger partial charge in [0.2, 0.25) is 0 Å². The molecule has 1 rings (SSSR count). The number of nitrogens with zero attached hydrogens (tertiary/aromatic N) is 2. The van der Waals surface area contributed by atoms with Gasteiger partial charge in [-0.05, 0) is 12.5 Å². The number of carbonyl (C=O) groups is 1. The zero-order valence-corrected chi connectivity index (χ0v) is 7.97. The fourth-order valence-electron chi connectivity index (χ4n) is 0.938. The molecule has 0 bridgehead atoms. The molecule has 1 aliphatic rings. The summed E-state index contributed by atoms with van der Waals surface area (Å²) in [5.41, 5.74) is 0.609. The number of aliphatic carboxylic acids is 1. The van der Waals surface area contributed by atoms with Crippen molar-refractivity contribution < 1.29 is 9.90 Å². The summed E-state index contributed by atoms with van der Waals surface area (Å²) in [5, 5.41) is 8.66. The number of carboxylic acid groups (broad SMARTS) is 1. The van der Waals surface area contributed by atoms with Gasteiger partial charge in [-0.1, -0.05) is 19.6 Å². The Balaban J connectivity index is 2.76. The molecule has 74 valence electrons. The molecule has 0 unspecified atom stereocenters. The summed E-state index contributed by atoms with van der Waals surface area (Å²) >= 11 is 0. The Bertz CT molecular complexity index is 340. The highest BCUT2D eigenvalue weighted by atomic mass is 16.4. The van der Waals surface area contributed by atoms with Gasteiger partial charge >= 0.3 is 5.97 Å². The van der Waals surface area contributed by atoms with Crippen molar-refractivity contribution in [3.05, 3.63) is 36.3 Å². The van der Waals surface area contributed by atoms with Gasteiger partial charge in [-0.3, -0.25) is 0 Å². The van der Waals surface area contributed by atoms with E-state index < -0.39 is 5.97 Å². The number of carboxylic acids is 1. The summed E-state index contributed by atoms with van der Waals surface area (Å²) in [4.78, 5) is 16.0. The predicted molar refractivity (Wildman–Crippen MR) is 54.6 cm³/mol. The van der Waals surface area contributed by atoms with Crippen LogP contribution < -0.4 is 0 Å². The van der Waals surface area contributed by atoms with Crippen LogP contribution in [0.3, 0.4) is 0 Å². The van der Waals surface area contributed by atoms with Gasteiger partial charge in [0.25, 0.3) is 0 Å². The Labute approximate surface area is 82.6 Å². The van der Waals surface area contributed by atoms with Crippen LogP contribution >= 0.6 is 0 Å². The van der Waals surface area contributed by atoms with Gasteiger partial charge in [-0.15, -0.1) is 0 Å². The van der Waals surface area contributed by atoms with Crippen LogP contribution in [0.15, 0.2) is 41.3 Å². The van der Waals surface area contributed by atoms with Gasteiger partial charge in [0, 0.05) is 11.9 Å². The zero-order valence-electron chi connectivity index (χ0n) is 7.97. The normalized spacial score (nSPS) is 16.2. The van der Waals surface area contributed by atoms with Crippen molar-refractivity contribution in [2.45, 2.75) is 13.3 Å². The maximum Gasteiger partial charge on any atom is 0.354 e. The zero-order chi connectivity index (χ0) is 10.6. The molecule has 0 saturated heterocycles. The number of aliphatic imine (C=N–C) groups is 1. The molecular formula is C10H12N2O2. The van der Waals surface area contributed by atoms with Crippen LogP contribution in [0.1, 0.15) is 13.3 Å². The first-order valence-corrected chi connectivity index (χ1v) is 4.28. The van der Waals surface area contributed by atoms with Crippen molar-refractivity contribution >= 4 is 12.3 Å². The van der Waals surface area contributed by atoms with Crippen molar-refractivity contribution in [3.8, 4) is 0 Å². The standard InChI is InChI=1S/C10H12N2O2/c1-3-4-5-12-7-11-9(10(13)14)6-8(12)2/h4-7H,2-3H2,1H3,(H,13,14)/b5-4-. The Morgan fingerprint density at radius 2 is 2.50 bits per heavy atom. The quantitative estimate of drug-likeness (QED) is 0.741. The third-order valence-corrected chi connectivity index (χ3v) is 1.68. The van der Waals surface area contributed by atoms with E-state index in [2.05, 4.69) is 11.6 Å². The van der Waals surface area contributed by atoms with Gasteiger partial charge in [0.1, 0.15) is 6.34 Å². The fourth-order valence-corrected chi connectivity index (χ4v) is 0.938. The monoisotopic (exact) mass is 192 g/mol. The van der Waals surface area contributed by atoms with E-state index in [-0.39, 0.29) is 5.70 Å². The first-order chi connectivity index (χ1) is 6.65. The Kier molecular flexibility index (Phi) is 3.23. The molecule has 4 nitrogen and oxygen atoms in total. The summed E-state index contributed by atoms with van der Waals surface area (Å²) in [6.45, 7) is 5.74. The van der Waals surface area contributed by atoms with Crippen molar-refractivity contribution in [1.29, 1.82) is 0 Å². The number of allylic oxidation sites excluding steroid dienone is 2. The summed E-state index contributed by atoms with van der Waals surface area (Å²) < 4.78 is 0. The molecule has 0 saturated carbocycles. The maximum absolute atomic E-state index is 10.6. The third-order valence-electron chi connectivity index (χ3n) is 1.68. The summed E-state index contributed by atoms with van der Waals surface area (Å²) in [6.07, 6.45) is 7.53. The molecule has 0 aliphatic carbocycles. The van der Waals surface area contributed by atoms with Gasteiger partial charge in [-0.2, -0.15) is 0 Å². The summed E-state index contributed by atoms with van der Waals surface area (Å²) in [6, 6.07) is 0. The second-order valence-corrected chi connectivity index (χ2v) is 2.77. The molecule has 0 aromatic heterocycles. The first kappa shape index (κ1) is 10.2. The Morgan fingerprint density at radius 1 is 1.79 bits per heavy atom. The van der Waals surface area contributed by atoms with E-state index >= 15 is 0 Å². The molecule has 0 aromatic rings. The average molecular weight is 192 g/mol. The third kappa shape index (κ3) is 2.32. The van der Waals surface area contributed by atoms with Crippen LogP contribution in [0.25, 0.3) is 0 Å². The molecule has 0 radical (unpaired) electrons. The molecule has 0 atom stereocenters. The fraction of sp³-hybridized carbons (Fsp3) is 0.200. The first-order valence-electron chi connectivity index (χ1n) is 4.28. The Morgan fingerprint density at radius 3 is 3.00 bits per heavy atom. The van der Waals surface area contributed by atoms with Gasteiger partial charge in [0.05, 0.1) is 0 Å². The predicted octanol–water partition coefficient (Wildman–Crippen LogP) is 1.74. The van der Waals surface area contributed by atoms with E-state index in [0.717, 1.165) is 6.42 Å². The molecule has 0 aromatic carbocycles. The molecule has 0 fully saturated rings. The highest BCUT2D eigenvalue weighted by Gasteiger charge is 2.12. The van der Waals surface area contributed by atoms with Gasteiger partial charge in [-0.25, -0.2) is 9.79 Å². The van der Waals surface area contributed by atoms with E-state index in [1.165, 1.54) is 12.4 Å². The maximum atomic E-state index is 10.6. The smallest absolute Gasteiger partial charge is 0.354 e. The number of hydrogen-bond donors (Lipinski definition) is 1. The lowest BCUT2D eigenvalue weighted by Gasteiger charge is -2.18. The lowest BCUT2D eigenvalue weighted by atomic mass is 10.3. The van der Waals surface area contributed by atoms with E-state index in [0.29, 0.717) is 5.70 Å². The lowest BCUT2D eigenvalue weighted by Crippen LogP contribution is -2.17. The van der Waals surface area contributed by atoms with E-state index in [1.54, 1.807) is 11.1 Å². The van der Waals surface area contributed by atoms with Crippen molar-refractivity contribution in [1.82, 2.24) is 4.90 Å². The van der Waals surface area contributed by atoms with Crippen LogP contribution in [0.2, 0.25) is 0 Å². The van der Waals surface area contributed by atoms with E-state index in [9.17, 15) is 4.79 Å². The number of rotatable bonds is 3. The van der Waals surface area contributed by atoms with Crippen LogP contribution in [-0.4, -0.2) is 22.3 Å². The molecule has 14 heavy (non-hydrogen) atoms. The van der Waals surface area contributed by atoms with Gasteiger partial charge in [0.15, 0.2) is 5.70 Å². The Hall–Kier alpha value is -1.84. The minimum Gasteiger partial charge on any atom is -0.477 e. The molecule has 0 amide bonds. The second kappa shape index (κ2) is 4.41. The largest absolute Gasteiger partial charge is 0.477 e. The molecule has 0 spiro atoms. The molecule has 1 N–H and O–H groups in total. The lowest BCUT2D eigenvalue weighted by molar-refractivity contribution is -0.132. The van der Waals surface area contributed by atoms with Crippen molar-refractivity contribution in [2.75, 3.05) is 0 Å². The van der Waals surface area contributed by atoms with Crippen LogP contribution in [0, 0.1) is 0 Å². The molecule has 4 heteroatoms. The van der Waals surface area contributed by atoms with E-state index in [1.807, 2.05) is 13.0 Å². The van der Waals surface area contributed by atoms with Crippen LogP contribution in [0.4, 0.5) is 0 Å². The molecule has 1 aliphatic heterocycles. The minimum atomic E-state index is -1.04. The summed E-state index contributed by atoms with van der Waals surface area (Å²) in [5.74, 6) is -1.04. The number of hydrogen-bond acceptors (Lipinski definition) is 3. The van der Waals surface area contributed by atoms with Crippen molar-refractivity contribution in [3.63, 3.8) is 0 Å². The highest BCUT2D eigenvalue weighted by molar-refractivity contribution is 5.90. The van der Waals surface area contributed by atoms with Crippen LogP contribution in [0.5, 0.6) is 0 Å².